The predicted octanol–water partition coefficient (Wildman–Crippen LogP) is 2.78. The zero-order valence-electron chi connectivity index (χ0n) is 9.44. The van der Waals surface area contributed by atoms with E-state index in [2.05, 4.69) is 21.1 Å². The molecule has 1 aromatic heterocycles. The van der Waals surface area contributed by atoms with E-state index in [-0.39, 0.29) is 0 Å². The van der Waals surface area contributed by atoms with Gasteiger partial charge in [0, 0.05) is 22.6 Å². The minimum Gasteiger partial charge on any atom is -0.485 e. The van der Waals surface area contributed by atoms with Crippen LogP contribution in [0.25, 0.3) is 0 Å². The Morgan fingerprint density at radius 3 is 2.94 bits per heavy atom. The van der Waals surface area contributed by atoms with Crippen LogP contribution in [-0.4, -0.2) is 5.16 Å². The Bertz CT molecular complexity index is 497. The van der Waals surface area contributed by atoms with Crippen LogP contribution in [0, 0.1) is 6.92 Å². The van der Waals surface area contributed by atoms with E-state index in [0.29, 0.717) is 18.9 Å². The third-order valence-corrected chi connectivity index (χ3v) is 2.84. The summed E-state index contributed by atoms with van der Waals surface area (Å²) in [5.41, 5.74) is 7.71. The Morgan fingerprint density at radius 2 is 2.29 bits per heavy atom. The van der Waals surface area contributed by atoms with Crippen LogP contribution >= 0.6 is 15.9 Å². The SMILES string of the molecule is Cc1cc(Br)cc(CN)c1OCc1ccno1. The molecule has 0 saturated carbocycles. The molecule has 0 aliphatic heterocycles. The smallest absolute Gasteiger partial charge is 0.174 e. The van der Waals surface area contributed by atoms with Crippen molar-refractivity contribution in [1.82, 2.24) is 5.16 Å². The lowest BCUT2D eigenvalue weighted by Gasteiger charge is -2.12. The van der Waals surface area contributed by atoms with Crippen LogP contribution in [-0.2, 0) is 13.2 Å². The summed E-state index contributed by atoms with van der Waals surface area (Å²) in [5, 5.41) is 3.63. The molecule has 2 rings (SSSR count). The number of hydrogen-bond donors (Lipinski definition) is 1. The van der Waals surface area contributed by atoms with E-state index in [0.717, 1.165) is 21.3 Å². The molecule has 90 valence electrons. The van der Waals surface area contributed by atoms with E-state index >= 15 is 0 Å². The summed E-state index contributed by atoms with van der Waals surface area (Å²) in [5.74, 6) is 1.50. The molecule has 0 aliphatic rings. The maximum atomic E-state index is 5.72. The number of aryl methyl sites for hydroxylation is 1. The molecule has 0 radical (unpaired) electrons. The zero-order valence-corrected chi connectivity index (χ0v) is 11.0. The molecular formula is C12H13BrN2O2. The lowest BCUT2D eigenvalue weighted by Crippen LogP contribution is -2.04. The van der Waals surface area contributed by atoms with Crippen molar-refractivity contribution in [1.29, 1.82) is 0 Å². The fourth-order valence-electron chi connectivity index (χ4n) is 1.62. The molecule has 0 unspecified atom stereocenters. The first kappa shape index (κ1) is 12.1. The van der Waals surface area contributed by atoms with Crippen molar-refractivity contribution in [3.05, 3.63) is 45.8 Å². The second-order valence-electron chi connectivity index (χ2n) is 3.68. The van der Waals surface area contributed by atoms with Gasteiger partial charge in [-0.1, -0.05) is 21.1 Å². The van der Waals surface area contributed by atoms with Gasteiger partial charge in [0.05, 0.1) is 6.20 Å². The largest absolute Gasteiger partial charge is 0.485 e. The maximum absolute atomic E-state index is 5.72. The van der Waals surface area contributed by atoms with Crippen LogP contribution in [0.4, 0.5) is 0 Å². The molecule has 2 N–H and O–H groups in total. The van der Waals surface area contributed by atoms with Gasteiger partial charge in [0.15, 0.2) is 5.76 Å². The predicted molar refractivity (Wildman–Crippen MR) is 67.6 cm³/mol. The number of halogens is 1. The number of nitrogens with zero attached hydrogens (tertiary/aromatic N) is 1. The van der Waals surface area contributed by atoms with Gasteiger partial charge < -0.3 is 15.0 Å². The highest BCUT2D eigenvalue weighted by molar-refractivity contribution is 9.10. The van der Waals surface area contributed by atoms with Gasteiger partial charge >= 0.3 is 0 Å². The molecule has 0 spiro atoms. The molecule has 0 saturated heterocycles. The first-order valence-corrected chi connectivity index (χ1v) is 6.01. The molecule has 2 aromatic rings. The van der Waals surface area contributed by atoms with Gasteiger partial charge in [-0.25, -0.2) is 0 Å². The molecule has 0 aliphatic carbocycles. The van der Waals surface area contributed by atoms with Crippen molar-refractivity contribution in [2.45, 2.75) is 20.1 Å². The molecule has 0 fully saturated rings. The highest BCUT2D eigenvalue weighted by atomic mass is 79.9. The molecule has 0 bridgehead atoms. The van der Waals surface area contributed by atoms with Crippen molar-refractivity contribution < 1.29 is 9.26 Å². The van der Waals surface area contributed by atoms with Crippen LogP contribution in [0.2, 0.25) is 0 Å². The minimum atomic E-state index is 0.357. The van der Waals surface area contributed by atoms with Gasteiger partial charge in [0.25, 0.3) is 0 Å². The van der Waals surface area contributed by atoms with E-state index in [1.54, 1.807) is 12.3 Å². The average Bonchev–Trinajstić information content (AvgIpc) is 2.79. The lowest BCUT2D eigenvalue weighted by atomic mass is 10.1. The van der Waals surface area contributed by atoms with E-state index in [1.807, 2.05) is 19.1 Å². The third kappa shape index (κ3) is 2.87. The highest BCUT2D eigenvalue weighted by Gasteiger charge is 2.09. The van der Waals surface area contributed by atoms with E-state index in [1.165, 1.54) is 0 Å². The summed E-state index contributed by atoms with van der Waals surface area (Å²) < 4.78 is 11.7. The number of ether oxygens (including phenoxy) is 1. The molecular weight excluding hydrogens is 284 g/mol. The monoisotopic (exact) mass is 296 g/mol. The molecule has 17 heavy (non-hydrogen) atoms. The minimum absolute atomic E-state index is 0.357. The van der Waals surface area contributed by atoms with Gasteiger partial charge in [-0.05, 0) is 24.6 Å². The number of nitrogens with two attached hydrogens (primary N) is 1. The van der Waals surface area contributed by atoms with Crippen LogP contribution < -0.4 is 10.5 Å². The first-order chi connectivity index (χ1) is 8.20. The summed E-state index contributed by atoms with van der Waals surface area (Å²) in [7, 11) is 0. The van der Waals surface area contributed by atoms with Gasteiger partial charge in [-0.2, -0.15) is 0 Å². The Morgan fingerprint density at radius 1 is 1.47 bits per heavy atom. The topological polar surface area (TPSA) is 61.3 Å². The van der Waals surface area contributed by atoms with E-state index in [4.69, 9.17) is 15.0 Å². The number of aromatic nitrogens is 1. The quantitative estimate of drug-likeness (QED) is 0.942. The summed E-state index contributed by atoms with van der Waals surface area (Å²) >= 11 is 3.44. The van der Waals surface area contributed by atoms with Crippen molar-refractivity contribution in [2.75, 3.05) is 0 Å². The highest BCUT2D eigenvalue weighted by Crippen LogP contribution is 2.28. The van der Waals surface area contributed by atoms with Gasteiger partial charge in [-0.15, -0.1) is 0 Å². The van der Waals surface area contributed by atoms with E-state index in [9.17, 15) is 0 Å². The van der Waals surface area contributed by atoms with Gasteiger partial charge in [0.1, 0.15) is 12.4 Å². The normalized spacial score (nSPS) is 10.5. The van der Waals surface area contributed by atoms with Crippen molar-refractivity contribution in [3.8, 4) is 5.75 Å². The maximum Gasteiger partial charge on any atom is 0.174 e. The van der Waals surface area contributed by atoms with Gasteiger partial charge in [-0.3, -0.25) is 0 Å². The van der Waals surface area contributed by atoms with E-state index < -0.39 is 0 Å². The van der Waals surface area contributed by atoms with Crippen molar-refractivity contribution in [3.63, 3.8) is 0 Å². The van der Waals surface area contributed by atoms with Crippen molar-refractivity contribution >= 4 is 15.9 Å². The standard InChI is InChI=1S/C12H13BrN2O2/c1-8-4-10(13)5-9(6-14)12(8)16-7-11-2-3-15-17-11/h2-5H,6-7,14H2,1H3. The Balaban J connectivity index is 2.19. The average molecular weight is 297 g/mol. The third-order valence-electron chi connectivity index (χ3n) is 2.39. The fourth-order valence-corrected chi connectivity index (χ4v) is 2.24. The van der Waals surface area contributed by atoms with Crippen LogP contribution in [0.15, 0.2) is 33.4 Å². The summed E-state index contributed by atoms with van der Waals surface area (Å²) in [6.45, 7) is 2.78. The second kappa shape index (κ2) is 5.33. The lowest BCUT2D eigenvalue weighted by molar-refractivity contribution is 0.246. The molecule has 4 nitrogen and oxygen atoms in total. The Hall–Kier alpha value is -1.33. The molecule has 1 heterocycles. The Labute approximate surface area is 108 Å². The van der Waals surface area contributed by atoms with Crippen LogP contribution in [0.1, 0.15) is 16.9 Å². The summed E-state index contributed by atoms with van der Waals surface area (Å²) in [4.78, 5) is 0. The summed E-state index contributed by atoms with van der Waals surface area (Å²) in [6, 6.07) is 5.73. The fraction of sp³-hybridized carbons (Fsp3) is 0.250. The first-order valence-electron chi connectivity index (χ1n) is 5.22. The Kier molecular flexibility index (Phi) is 3.81. The molecule has 0 atom stereocenters. The zero-order chi connectivity index (χ0) is 12.3. The number of benzene rings is 1. The van der Waals surface area contributed by atoms with Crippen LogP contribution in [0.3, 0.4) is 0 Å². The molecule has 5 heteroatoms. The number of hydrogen-bond acceptors (Lipinski definition) is 4. The summed E-state index contributed by atoms with van der Waals surface area (Å²) in [6.07, 6.45) is 1.59. The van der Waals surface area contributed by atoms with Crippen molar-refractivity contribution in [2.24, 2.45) is 5.73 Å². The molecule has 1 aromatic carbocycles. The second-order valence-corrected chi connectivity index (χ2v) is 4.60. The number of rotatable bonds is 4. The molecule has 0 amide bonds. The van der Waals surface area contributed by atoms with Gasteiger partial charge in [0.2, 0.25) is 0 Å². The van der Waals surface area contributed by atoms with Crippen LogP contribution in [0.5, 0.6) is 5.75 Å².